The molecule has 0 saturated carbocycles. The van der Waals surface area contributed by atoms with Gasteiger partial charge in [0.05, 0.1) is 16.9 Å². The van der Waals surface area contributed by atoms with Gasteiger partial charge in [0.1, 0.15) is 0 Å². The highest BCUT2D eigenvalue weighted by Gasteiger charge is 2.42. The van der Waals surface area contributed by atoms with Crippen LogP contribution in [0.1, 0.15) is 24.8 Å². The van der Waals surface area contributed by atoms with Crippen LogP contribution in [0.2, 0.25) is 0 Å². The summed E-state index contributed by atoms with van der Waals surface area (Å²) in [4.78, 5) is 11.6. The van der Waals surface area contributed by atoms with Crippen molar-refractivity contribution in [3.8, 4) is 11.4 Å². The fraction of sp³-hybridized carbons (Fsp3) is 0.467. The largest absolute Gasteiger partial charge is 0.302 e. The molecule has 0 radical (unpaired) electrons. The standard InChI is InChI=1S/C15H17N3S/c1-4-15(5-7-18(6-1)10-15)12-2-3-13(16-8-12)14-9-19-11-17-14/h2-3,8-9,11H,1,4-7,10H2. The van der Waals surface area contributed by atoms with E-state index in [-0.39, 0.29) is 0 Å². The summed E-state index contributed by atoms with van der Waals surface area (Å²) in [6.07, 6.45) is 6.03. The van der Waals surface area contributed by atoms with Crippen LogP contribution in [0.25, 0.3) is 11.4 Å². The molecule has 0 spiro atoms. The van der Waals surface area contributed by atoms with E-state index >= 15 is 0 Å². The van der Waals surface area contributed by atoms with Gasteiger partial charge in [0.25, 0.3) is 0 Å². The third-order valence-corrected chi connectivity index (χ3v) is 5.22. The number of piperidine rings is 1. The molecule has 2 bridgehead atoms. The second-order valence-electron chi connectivity index (χ2n) is 5.72. The van der Waals surface area contributed by atoms with Gasteiger partial charge in [0, 0.05) is 23.5 Å². The van der Waals surface area contributed by atoms with Crippen LogP contribution in [0, 0.1) is 0 Å². The third-order valence-electron chi connectivity index (χ3n) is 4.63. The van der Waals surface area contributed by atoms with Crippen molar-refractivity contribution in [3.63, 3.8) is 0 Å². The number of rotatable bonds is 2. The van der Waals surface area contributed by atoms with Crippen LogP contribution in [-0.2, 0) is 5.41 Å². The lowest BCUT2D eigenvalue weighted by Gasteiger charge is -2.34. The maximum atomic E-state index is 4.63. The molecule has 2 unspecified atom stereocenters. The summed E-state index contributed by atoms with van der Waals surface area (Å²) in [6, 6.07) is 4.41. The Morgan fingerprint density at radius 2 is 2.11 bits per heavy atom. The van der Waals surface area contributed by atoms with E-state index in [0.29, 0.717) is 5.41 Å². The molecule has 2 atom stereocenters. The second-order valence-corrected chi connectivity index (χ2v) is 6.43. The zero-order valence-electron chi connectivity index (χ0n) is 10.9. The lowest BCUT2D eigenvalue weighted by molar-refractivity contribution is 0.243. The highest BCUT2D eigenvalue weighted by molar-refractivity contribution is 7.07. The van der Waals surface area contributed by atoms with Gasteiger partial charge in [0.15, 0.2) is 0 Å². The number of thiazole rings is 1. The van der Waals surface area contributed by atoms with Crippen molar-refractivity contribution in [2.24, 2.45) is 0 Å². The smallest absolute Gasteiger partial charge is 0.0995 e. The molecule has 4 heterocycles. The molecule has 2 saturated heterocycles. The first kappa shape index (κ1) is 11.6. The molecule has 4 rings (SSSR count). The molecule has 0 amide bonds. The third kappa shape index (κ3) is 1.90. The van der Waals surface area contributed by atoms with E-state index in [1.165, 1.54) is 44.5 Å². The number of aromatic nitrogens is 2. The Hall–Kier alpha value is -1.26. The highest BCUT2D eigenvalue weighted by Crippen LogP contribution is 2.41. The van der Waals surface area contributed by atoms with Gasteiger partial charge in [-0.15, -0.1) is 11.3 Å². The summed E-state index contributed by atoms with van der Waals surface area (Å²) in [5.74, 6) is 0. The molecular weight excluding hydrogens is 254 g/mol. The number of hydrogen-bond acceptors (Lipinski definition) is 4. The molecular formula is C15H17N3S. The molecule has 19 heavy (non-hydrogen) atoms. The minimum Gasteiger partial charge on any atom is -0.302 e. The lowest BCUT2D eigenvalue weighted by Crippen LogP contribution is -2.36. The normalized spacial score (nSPS) is 29.6. The minimum atomic E-state index is 0.381. The molecule has 0 aliphatic carbocycles. The molecule has 98 valence electrons. The minimum absolute atomic E-state index is 0.381. The highest BCUT2D eigenvalue weighted by atomic mass is 32.1. The van der Waals surface area contributed by atoms with E-state index in [4.69, 9.17) is 0 Å². The quantitative estimate of drug-likeness (QED) is 0.841. The molecule has 0 aromatic carbocycles. The van der Waals surface area contributed by atoms with E-state index in [9.17, 15) is 0 Å². The molecule has 2 aromatic heterocycles. The van der Waals surface area contributed by atoms with Crippen LogP contribution in [0.15, 0.2) is 29.2 Å². The Kier molecular flexibility index (Phi) is 2.67. The Morgan fingerprint density at radius 3 is 2.89 bits per heavy atom. The Morgan fingerprint density at radius 1 is 1.11 bits per heavy atom. The van der Waals surface area contributed by atoms with Gasteiger partial charge < -0.3 is 4.90 Å². The summed E-state index contributed by atoms with van der Waals surface area (Å²) >= 11 is 1.62. The average molecular weight is 271 g/mol. The molecule has 3 nitrogen and oxygen atoms in total. The number of nitrogens with zero attached hydrogens (tertiary/aromatic N) is 3. The second kappa shape index (κ2) is 4.39. The van der Waals surface area contributed by atoms with Gasteiger partial charge in [-0.3, -0.25) is 4.98 Å². The summed E-state index contributed by atoms with van der Waals surface area (Å²) in [5, 5.41) is 2.05. The molecule has 2 aliphatic rings. The van der Waals surface area contributed by atoms with Crippen molar-refractivity contribution in [1.29, 1.82) is 0 Å². The van der Waals surface area contributed by atoms with Gasteiger partial charge >= 0.3 is 0 Å². The first-order valence-corrected chi connectivity index (χ1v) is 7.88. The van der Waals surface area contributed by atoms with Crippen molar-refractivity contribution in [2.75, 3.05) is 19.6 Å². The van der Waals surface area contributed by atoms with E-state index in [1.807, 2.05) is 5.51 Å². The van der Waals surface area contributed by atoms with Gasteiger partial charge in [-0.1, -0.05) is 6.07 Å². The van der Waals surface area contributed by atoms with E-state index < -0.39 is 0 Å². The Bertz CT molecular complexity index is 560. The van der Waals surface area contributed by atoms with Crippen molar-refractivity contribution in [1.82, 2.24) is 14.9 Å². The molecule has 2 fully saturated rings. The van der Waals surface area contributed by atoms with Crippen LogP contribution < -0.4 is 0 Å². The van der Waals surface area contributed by atoms with Crippen LogP contribution in [0.5, 0.6) is 0 Å². The van der Waals surface area contributed by atoms with Crippen molar-refractivity contribution in [2.45, 2.75) is 24.7 Å². The van der Waals surface area contributed by atoms with Crippen molar-refractivity contribution < 1.29 is 0 Å². The molecule has 2 aliphatic heterocycles. The predicted molar refractivity (Wildman–Crippen MR) is 77.3 cm³/mol. The van der Waals surface area contributed by atoms with Gasteiger partial charge in [-0.05, 0) is 44.0 Å². The van der Waals surface area contributed by atoms with Crippen molar-refractivity contribution >= 4 is 11.3 Å². The molecule has 4 heteroatoms. The SMILES string of the molecule is c1nc(-c2ccc(C34CCCN(CC3)C4)cn2)cs1. The van der Waals surface area contributed by atoms with E-state index in [1.54, 1.807) is 11.3 Å². The monoisotopic (exact) mass is 271 g/mol. The van der Waals surface area contributed by atoms with Crippen molar-refractivity contribution in [3.05, 3.63) is 34.8 Å². The number of fused-ring (bicyclic) bond motifs is 2. The average Bonchev–Trinajstić information content (AvgIpc) is 3.09. The summed E-state index contributed by atoms with van der Waals surface area (Å²) < 4.78 is 0. The van der Waals surface area contributed by atoms with E-state index in [0.717, 1.165) is 11.4 Å². The topological polar surface area (TPSA) is 29.0 Å². The van der Waals surface area contributed by atoms with E-state index in [2.05, 4.69) is 38.6 Å². The van der Waals surface area contributed by atoms with Crippen LogP contribution in [0.3, 0.4) is 0 Å². The van der Waals surface area contributed by atoms with Gasteiger partial charge in [-0.25, -0.2) is 4.98 Å². The van der Waals surface area contributed by atoms with Crippen LogP contribution >= 0.6 is 11.3 Å². The zero-order valence-corrected chi connectivity index (χ0v) is 11.7. The zero-order chi connectivity index (χ0) is 12.7. The first-order chi connectivity index (χ1) is 9.36. The summed E-state index contributed by atoms with van der Waals surface area (Å²) in [5.41, 5.74) is 5.65. The summed E-state index contributed by atoms with van der Waals surface area (Å²) in [7, 11) is 0. The van der Waals surface area contributed by atoms with Gasteiger partial charge in [-0.2, -0.15) is 0 Å². The Labute approximate surface area is 117 Å². The molecule has 2 aromatic rings. The lowest BCUT2D eigenvalue weighted by atomic mass is 9.75. The summed E-state index contributed by atoms with van der Waals surface area (Å²) in [6.45, 7) is 3.77. The van der Waals surface area contributed by atoms with Crippen LogP contribution in [0.4, 0.5) is 0 Å². The first-order valence-electron chi connectivity index (χ1n) is 6.93. The fourth-order valence-corrected chi connectivity index (χ4v) is 4.12. The predicted octanol–water partition coefficient (Wildman–Crippen LogP) is 2.94. The van der Waals surface area contributed by atoms with Gasteiger partial charge in [0.2, 0.25) is 0 Å². The number of hydrogen-bond donors (Lipinski definition) is 0. The maximum absolute atomic E-state index is 4.63. The molecule has 0 N–H and O–H groups in total. The fourth-order valence-electron chi connectivity index (χ4n) is 3.57. The van der Waals surface area contributed by atoms with Crippen LogP contribution in [-0.4, -0.2) is 34.5 Å². The Balaban J connectivity index is 1.66. The maximum Gasteiger partial charge on any atom is 0.0995 e. The number of pyridine rings is 1.